The van der Waals surface area contributed by atoms with Crippen LogP contribution in [0.2, 0.25) is 0 Å². The molecule has 0 nitrogen and oxygen atoms in total. The molecule has 0 bridgehead atoms. The van der Waals surface area contributed by atoms with Crippen molar-refractivity contribution in [3.8, 4) is 0 Å². The third kappa shape index (κ3) is 1.71. The molecule has 1 aromatic rings. The first-order chi connectivity index (χ1) is 5.86. The fourth-order valence-electron chi connectivity index (χ4n) is 1.35. The standard InChI is InChI=1S/C10H10ClP/c11-9-6-7-12(8-9)10-4-2-1-3-5-10/h1-5,8H,6-7H2. The summed E-state index contributed by atoms with van der Waals surface area (Å²) in [6, 6.07) is 10.6. The van der Waals surface area contributed by atoms with Gasteiger partial charge in [-0.25, -0.2) is 0 Å². The van der Waals surface area contributed by atoms with Crippen LogP contribution in [0.3, 0.4) is 0 Å². The minimum Gasteiger partial charge on any atom is -0.0891 e. The van der Waals surface area contributed by atoms with Crippen molar-refractivity contribution in [2.75, 3.05) is 6.16 Å². The van der Waals surface area contributed by atoms with Gasteiger partial charge in [0.2, 0.25) is 0 Å². The third-order valence-corrected chi connectivity index (χ3v) is 4.72. The molecular formula is C10H10ClP. The van der Waals surface area contributed by atoms with Crippen molar-refractivity contribution in [2.45, 2.75) is 6.42 Å². The molecule has 1 aromatic carbocycles. The first kappa shape index (κ1) is 8.29. The average Bonchev–Trinajstić information content (AvgIpc) is 2.54. The van der Waals surface area contributed by atoms with Crippen LogP contribution in [0.15, 0.2) is 41.2 Å². The molecule has 1 unspecified atom stereocenters. The zero-order valence-electron chi connectivity index (χ0n) is 6.70. The summed E-state index contributed by atoms with van der Waals surface area (Å²) in [6.07, 6.45) is 2.31. The van der Waals surface area contributed by atoms with Crippen LogP contribution < -0.4 is 5.30 Å². The van der Waals surface area contributed by atoms with Crippen molar-refractivity contribution in [3.05, 3.63) is 41.2 Å². The molecule has 0 aliphatic carbocycles. The van der Waals surface area contributed by atoms with Crippen molar-refractivity contribution in [1.29, 1.82) is 0 Å². The molecule has 0 saturated heterocycles. The van der Waals surface area contributed by atoms with Crippen LogP contribution in [0, 0.1) is 0 Å². The lowest BCUT2D eigenvalue weighted by Crippen LogP contribution is -1.97. The summed E-state index contributed by atoms with van der Waals surface area (Å²) in [5.41, 5.74) is 0. The SMILES string of the molecule is ClC1=CP(c2ccccc2)CC1. The normalized spacial score (nSPS) is 22.4. The van der Waals surface area contributed by atoms with Gasteiger partial charge in [0.1, 0.15) is 0 Å². The number of hydrogen-bond donors (Lipinski definition) is 0. The molecule has 0 spiro atoms. The van der Waals surface area contributed by atoms with E-state index in [9.17, 15) is 0 Å². The molecule has 1 atom stereocenters. The van der Waals surface area contributed by atoms with Gasteiger partial charge in [-0.05, 0) is 23.7 Å². The molecule has 0 fully saturated rings. The van der Waals surface area contributed by atoms with Gasteiger partial charge < -0.3 is 0 Å². The van der Waals surface area contributed by atoms with Crippen LogP contribution >= 0.6 is 19.5 Å². The zero-order chi connectivity index (χ0) is 8.39. The van der Waals surface area contributed by atoms with Gasteiger partial charge in [0.05, 0.1) is 0 Å². The second-order valence-electron chi connectivity index (χ2n) is 2.85. The van der Waals surface area contributed by atoms with E-state index in [1.165, 1.54) is 11.5 Å². The predicted octanol–water partition coefficient (Wildman–Crippen LogP) is 3.28. The van der Waals surface area contributed by atoms with Crippen molar-refractivity contribution in [3.63, 3.8) is 0 Å². The van der Waals surface area contributed by atoms with Crippen molar-refractivity contribution in [2.24, 2.45) is 0 Å². The maximum absolute atomic E-state index is 5.93. The van der Waals surface area contributed by atoms with Gasteiger partial charge in [-0.15, -0.1) is 0 Å². The first-order valence-corrected chi connectivity index (χ1v) is 6.01. The summed E-state index contributed by atoms with van der Waals surface area (Å²) in [5.74, 6) is 2.23. The van der Waals surface area contributed by atoms with Crippen LogP contribution in [0.25, 0.3) is 0 Å². The molecule has 12 heavy (non-hydrogen) atoms. The van der Waals surface area contributed by atoms with E-state index in [1.54, 1.807) is 0 Å². The van der Waals surface area contributed by atoms with Crippen LogP contribution in [0.1, 0.15) is 6.42 Å². The summed E-state index contributed by atoms with van der Waals surface area (Å²) in [6.45, 7) is 0. The molecule has 1 heterocycles. The third-order valence-electron chi connectivity index (χ3n) is 1.98. The molecule has 0 amide bonds. The number of rotatable bonds is 1. The number of benzene rings is 1. The molecular weight excluding hydrogens is 187 g/mol. The zero-order valence-corrected chi connectivity index (χ0v) is 8.35. The van der Waals surface area contributed by atoms with Crippen molar-refractivity contribution >= 4 is 24.8 Å². The van der Waals surface area contributed by atoms with Crippen LogP contribution in [0.4, 0.5) is 0 Å². The molecule has 2 rings (SSSR count). The van der Waals surface area contributed by atoms with Gasteiger partial charge in [-0.2, -0.15) is 0 Å². The summed E-state index contributed by atoms with van der Waals surface area (Å²) >= 11 is 5.93. The minimum atomic E-state index is -0.0736. The maximum Gasteiger partial charge on any atom is 0.0192 e. The van der Waals surface area contributed by atoms with Crippen LogP contribution in [0.5, 0.6) is 0 Å². The maximum atomic E-state index is 5.93. The van der Waals surface area contributed by atoms with Gasteiger partial charge in [-0.3, -0.25) is 0 Å². The van der Waals surface area contributed by atoms with E-state index in [1.807, 2.05) is 0 Å². The Balaban J connectivity index is 2.22. The van der Waals surface area contributed by atoms with E-state index >= 15 is 0 Å². The Hall–Kier alpha value is -0.320. The Kier molecular flexibility index (Phi) is 2.48. The summed E-state index contributed by atoms with van der Waals surface area (Å²) < 4.78 is 0. The number of allylic oxidation sites excluding steroid dienone is 1. The Morgan fingerprint density at radius 1 is 1.17 bits per heavy atom. The molecule has 0 radical (unpaired) electrons. The largest absolute Gasteiger partial charge is 0.0891 e. The highest BCUT2D eigenvalue weighted by Crippen LogP contribution is 2.45. The fourth-order valence-corrected chi connectivity index (χ4v) is 3.97. The molecule has 0 saturated carbocycles. The van der Waals surface area contributed by atoms with E-state index in [0.29, 0.717) is 0 Å². The highest BCUT2D eigenvalue weighted by Gasteiger charge is 2.14. The van der Waals surface area contributed by atoms with Gasteiger partial charge in [0.25, 0.3) is 0 Å². The second kappa shape index (κ2) is 3.60. The lowest BCUT2D eigenvalue weighted by atomic mass is 10.4. The Bertz CT molecular complexity index is 292. The van der Waals surface area contributed by atoms with E-state index in [2.05, 4.69) is 36.1 Å². The second-order valence-corrected chi connectivity index (χ2v) is 5.50. The number of halogens is 1. The topological polar surface area (TPSA) is 0 Å². The van der Waals surface area contributed by atoms with Crippen molar-refractivity contribution in [1.82, 2.24) is 0 Å². The van der Waals surface area contributed by atoms with Crippen LogP contribution in [-0.4, -0.2) is 6.16 Å². The Morgan fingerprint density at radius 2 is 1.92 bits per heavy atom. The Morgan fingerprint density at radius 3 is 2.50 bits per heavy atom. The monoisotopic (exact) mass is 196 g/mol. The summed E-state index contributed by atoms with van der Waals surface area (Å²) in [4.78, 5) is 0. The highest BCUT2D eigenvalue weighted by atomic mass is 35.5. The van der Waals surface area contributed by atoms with Gasteiger partial charge in [0, 0.05) is 5.03 Å². The van der Waals surface area contributed by atoms with E-state index in [0.717, 1.165) is 11.5 Å². The van der Waals surface area contributed by atoms with E-state index in [4.69, 9.17) is 11.6 Å². The van der Waals surface area contributed by atoms with E-state index in [-0.39, 0.29) is 7.92 Å². The highest BCUT2D eigenvalue weighted by molar-refractivity contribution is 7.69. The van der Waals surface area contributed by atoms with Crippen molar-refractivity contribution < 1.29 is 0 Å². The smallest absolute Gasteiger partial charge is 0.0192 e. The Labute approximate surface area is 79.0 Å². The molecule has 1 aliphatic rings. The predicted molar refractivity (Wildman–Crippen MR) is 56.4 cm³/mol. The van der Waals surface area contributed by atoms with Gasteiger partial charge in [-0.1, -0.05) is 49.9 Å². The average molecular weight is 197 g/mol. The first-order valence-electron chi connectivity index (χ1n) is 4.04. The lowest BCUT2D eigenvalue weighted by molar-refractivity contribution is 1.24. The fraction of sp³-hybridized carbons (Fsp3) is 0.200. The molecule has 2 heteroatoms. The molecule has 0 N–H and O–H groups in total. The van der Waals surface area contributed by atoms with Gasteiger partial charge >= 0.3 is 0 Å². The summed E-state index contributed by atoms with van der Waals surface area (Å²) in [7, 11) is -0.0736. The van der Waals surface area contributed by atoms with Gasteiger partial charge in [0.15, 0.2) is 0 Å². The lowest BCUT2D eigenvalue weighted by Gasteiger charge is -2.06. The van der Waals surface area contributed by atoms with E-state index < -0.39 is 0 Å². The number of hydrogen-bond acceptors (Lipinski definition) is 0. The minimum absolute atomic E-state index is 0.0736. The summed E-state index contributed by atoms with van der Waals surface area (Å²) in [5, 5.41) is 2.49. The quantitative estimate of drug-likeness (QED) is 0.605. The molecule has 62 valence electrons. The molecule has 1 aliphatic heterocycles. The molecule has 0 aromatic heterocycles. The van der Waals surface area contributed by atoms with Crippen LogP contribution in [-0.2, 0) is 0 Å².